The van der Waals surface area contributed by atoms with Gasteiger partial charge in [-0.2, -0.15) is 0 Å². The number of carbonyl (C=O) groups is 3. The van der Waals surface area contributed by atoms with E-state index in [-0.39, 0.29) is 24.9 Å². The van der Waals surface area contributed by atoms with Crippen LogP contribution < -0.4 is 11.1 Å². The second-order valence-corrected chi connectivity index (χ2v) is 10.4. The third-order valence-electron chi connectivity index (χ3n) is 4.54. The van der Waals surface area contributed by atoms with Crippen molar-refractivity contribution < 1.29 is 28.6 Å². The molecule has 0 saturated carbocycles. The maximum absolute atomic E-state index is 12.2. The number of primary amides is 1. The number of rotatable bonds is 10. The molecule has 0 fully saturated rings. The molecule has 0 aromatic heterocycles. The lowest BCUT2D eigenvalue weighted by molar-refractivity contribution is -0.154. The molecule has 0 spiro atoms. The van der Waals surface area contributed by atoms with Crippen LogP contribution in [0.2, 0.25) is 0 Å². The van der Waals surface area contributed by atoms with Gasteiger partial charge in [-0.25, -0.2) is 4.79 Å². The van der Waals surface area contributed by atoms with E-state index in [2.05, 4.69) is 17.2 Å². The van der Waals surface area contributed by atoms with Gasteiger partial charge < -0.3 is 25.3 Å². The molecular formula is C27H40N2O6. The third kappa shape index (κ3) is 14.7. The first kappa shape index (κ1) is 30.0. The number of ether oxygens (including phenoxy) is 3. The minimum absolute atomic E-state index is 0.120. The number of hydrogen-bond acceptors (Lipinski definition) is 6. The van der Waals surface area contributed by atoms with Crippen molar-refractivity contribution in [2.45, 2.75) is 104 Å². The first-order valence-electron chi connectivity index (χ1n) is 11.8. The van der Waals surface area contributed by atoms with Crippen molar-refractivity contribution in [3.8, 4) is 11.8 Å². The Morgan fingerprint density at radius 2 is 1.57 bits per heavy atom. The van der Waals surface area contributed by atoms with Gasteiger partial charge in [0.1, 0.15) is 11.2 Å². The van der Waals surface area contributed by atoms with Crippen LogP contribution in [-0.2, 0) is 30.4 Å². The highest BCUT2D eigenvalue weighted by Gasteiger charge is 2.24. The first-order chi connectivity index (χ1) is 16.1. The molecule has 0 aliphatic carbocycles. The lowest BCUT2D eigenvalue weighted by atomic mass is 10.1. The van der Waals surface area contributed by atoms with E-state index in [4.69, 9.17) is 19.9 Å². The molecule has 2 amide bonds. The topological polar surface area (TPSA) is 117 Å². The molecule has 3 N–H and O–H groups in total. The van der Waals surface area contributed by atoms with Gasteiger partial charge in [-0.1, -0.05) is 24.0 Å². The number of carbonyl (C=O) groups excluding carboxylic acids is 3. The van der Waals surface area contributed by atoms with Crippen LogP contribution in [0.3, 0.4) is 0 Å². The quantitative estimate of drug-likeness (QED) is 0.376. The average molecular weight is 489 g/mol. The Labute approximate surface area is 209 Å². The normalized spacial score (nSPS) is 13.1. The molecule has 194 valence electrons. The third-order valence-corrected chi connectivity index (χ3v) is 4.54. The van der Waals surface area contributed by atoms with E-state index in [0.717, 1.165) is 11.1 Å². The van der Waals surface area contributed by atoms with E-state index >= 15 is 0 Å². The van der Waals surface area contributed by atoms with Crippen molar-refractivity contribution in [3.05, 3.63) is 35.4 Å². The highest BCUT2D eigenvalue weighted by molar-refractivity contribution is 5.74. The van der Waals surface area contributed by atoms with Crippen molar-refractivity contribution in [1.82, 2.24) is 5.32 Å². The van der Waals surface area contributed by atoms with Crippen LogP contribution in [0.15, 0.2) is 24.3 Å². The molecule has 0 radical (unpaired) electrons. The van der Waals surface area contributed by atoms with Crippen molar-refractivity contribution in [2.75, 3.05) is 0 Å². The first-order valence-corrected chi connectivity index (χ1v) is 11.8. The van der Waals surface area contributed by atoms with E-state index in [1.807, 2.05) is 52.0 Å². The number of hydrogen-bond donors (Lipinski definition) is 2. The summed E-state index contributed by atoms with van der Waals surface area (Å²) in [5.74, 6) is 5.32. The van der Waals surface area contributed by atoms with Crippen LogP contribution in [-0.4, -0.2) is 41.3 Å². The Bertz CT molecular complexity index is 901. The molecule has 8 nitrogen and oxygen atoms in total. The number of esters is 1. The SMILES string of the molecule is C[C@@H](OCc1ccc(C#CCCC(=O)OC(C)(C)C)cc1)[C@H](CCC(N)=O)NC(=O)OC(C)(C)C. The zero-order valence-corrected chi connectivity index (χ0v) is 22.0. The summed E-state index contributed by atoms with van der Waals surface area (Å²) in [5, 5.41) is 2.78. The monoisotopic (exact) mass is 488 g/mol. The molecule has 1 aromatic rings. The van der Waals surface area contributed by atoms with Crippen LogP contribution in [0.5, 0.6) is 0 Å². The predicted octanol–water partition coefficient (Wildman–Crippen LogP) is 4.22. The summed E-state index contributed by atoms with van der Waals surface area (Å²) in [5.41, 5.74) is 5.91. The molecule has 35 heavy (non-hydrogen) atoms. The second-order valence-electron chi connectivity index (χ2n) is 10.4. The molecule has 8 heteroatoms. The Balaban J connectivity index is 2.61. The molecule has 1 aromatic carbocycles. The Kier molecular flexibility index (Phi) is 11.8. The van der Waals surface area contributed by atoms with E-state index in [1.165, 1.54) is 0 Å². The van der Waals surface area contributed by atoms with Gasteiger partial charge in [0.2, 0.25) is 5.91 Å². The number of benzene rings is 1. The Hall–Kier alpha value is -3.05. The number of nitrogens with two attached hydrogens (primary N) is 1. The average Bonchev–Trinajstić information content (AvgIpc) is 2.70. The van der Waals surface area contributed by atoms with Gasteiger partial charge in [0.25, 0.3) is 0 Å². The minimum atomic E-state index is -0.636. The Morgan fingerprint density at radius 1 is 0.971 bits per heavy atom. The molecule has 2 atom stereocenters. The standard InChI is InChI=1S/C27H40N2O6/c1-19(22(16-17-23(28)30)29-25(32)35-27(5,6)7)33-18-21-14-12-20(13-15-21)10-8-9-11-24(31)34-26(2,3)4/h12-15,19,22H,9,11,16-18H2,1-7H3,(H2,28,30)(H,29,32)/t19-,22+/m1/s1. The highest BCUT2D eigenvalue weighted by Crippen LogP contribution is 2.13. The molecule has 0 unspecified atom stereocenters. The molecule has 0 aliphatic rings. The van der Waals surface area contributed by atoms with Gasteiger partial charge in [0.05, 0.1) is 25.2 Å². The molecule has 0 heterocycles. The van der Waals surface area contributed by atoms with Crippen LogP contribution in [0.25, 0.3) is 0 Å². The molecule has 0 bridgehead atoms. The fourth-order valence-electron chi connectivity index (χ4n) is 2.93. The van der Waals surface area contributed by atoms with E-state index in [0.29, 0.717) is 19.4 Å². The summed E-state index contributed by atoms with van der Waals surface area (Å²) in [7, 11) is 0. The van der Waals surface area contributed by atoms with Gasteiger partial charge in [0, 0.05) is 18.4 Å². The fraction of sp³-hybridized carbons (Fsp3) is 0.593. The van der Waals surface area contributed by atoms with Crippen molar-refractivity contribution in [3.63, 3.8) is 0 Å². The van der Waals surface area contributed by atoms with Crippen LogP contribution in [0, 0.1) is 11.8 Å². The van der Waals surface area contributed by atoms with Crippen molar-refractivity contribution in [2.24, 2.45) is 5.73 Å². The summed E-state index contributed by atoms with van der Waals surface area (Å²) in [4.78, 5) is 35.2. The van der Waals surface area contributed by atoms with Gasteiger partial charge in [0.15, 0.2) is 0 Å². The van der Waals surface area contributed by atoms with Gasteiger partial charge in [-0.15, -0.1) is 0 Å². The van der Waals surface area contributed by atoms with Crippen LogP contribution in [0.1, 0.15) is 85.3 Å². The van der Waals surface area contributed by atoms with E-state index in [1.54, 1.807) is 20.8 Å². The Morgan fingerprint density at radius 3 is 2.11 bits per heavy atom. The van der Waals surface area contributed by atoms with Gasteiger partial charge >= 0.3 is 12.1 Å². The van der Waals surface area contributed by atoms with Gasteiger partial charge in [-0.05, 0) is 72.6 Å². The number of amides is 2. The van der Waals surface area contributed by atoms with Crippen LogP contribution >= 0.6 is 0 Å². The maximum atomic E-state index is 12.2. The summed E-state index contributed by atoms with van der Waals surface area (Å²) in [6, 6.07) is 7.14. The number of alkyl carbamates (subject to hydrolysis) is 1. The summed E-state index contributed by atoms with van der Waals surface area (Å²) in [6.45, 7) is 13.0. The smallest absolute Gasteiger partial charge is 0.407 e. The molecular weight excluding hydrogens is 448 g/mol. The molecule has 0 saturated heterocycles. The van der Waals surface area contributed by atoms with Crippen molar-refractivity contribution >= 4 is 18.0 Å². The molecule has 0 aliphatic heterocycles. The predicted molar refractivity (Wildman–Crippen MR) is 134 cm³/mol. The summed E-state index contributed by atoms with van der Waals surface area (Å²) < 4.78 is 16.5. The van der Waals surface area contributed by atoms with Gasteiger partial charge in [-0.3, -0.25) is 9.59 Å². The minimum Gasteiger partial charge on any atom is -0.460 e. The largest absolute Gasteiger partial charge is 0.460 e. The molecule has 1 rings (SSSR count). The second kappa shape index (κ2) is 13.7. The highest BCUT2D eigenvalue weighted by atomic mass is 16.6. The summed E-state index contributed by atoms with van der Waals surface area (Å²) >= 11 is 0. The lowest BCUT2D eigenvalue weighted by Gasteiger charge is -2.27. The van der Waals surface area contributed by atoms with Crippen LogP contribution in [0.4, 0.5) is 4.79 Å². The summed E-state index contributed by atoms with van der Waals surface area (Å²) in [6.07, 6.45) is 0.186. The fourth-order valence-corrected chi connectivity index (χ4v) is 2.93. The van der Waals surface area contributed by atoms with E-state index in [9.17, 15) is 14.4 Å². The maximum Gasteiger partial charge on any atom is 0.407 e. The zero-order valence-electron chi connectivity index (χ0n) is 22.0. The zero-order chi connectivity index (χ0) is 26.6. The number of nitrogens with one attached hydrogen (secondary N) is 1. The lowest BCUT2D eigenvalue weighted by Crippen LogP contribution is -2.45. The van der Waals surface area contributed by atoms with Crippen molar-refractivity contribution in [1.29, 1.82) is 0 Å². The van der Waals surface area contributed by atoms with E-state index < -0.39 is 29.2 Å².